The molecule has 0 aromatic carbocycles. The third-order valence-corrected chi connectivity index (χ3v) is 6.64. The Balaban J connectivity index is 0.00000192. The van der Waals surface area contributed by atoms with Crippen LogP contribution in [0.5, 0.6) is 0 Å². The number of guanidine groups is 1. The Kier molecular flexibility index (Phi) is 7.79. The van der Waals surface area contributed by atoms with Crippen molar-refractivity contribution in [2.45, 2.75) is 56.2 Å². The van der Waals surface area contributed by atoms with Crippen LogP contribution in [-0.4, -0.2) is 60.6 Å². The highest BCUT2D eigenvalue weighted by Gasteiger charge is 2.33. The van der Waals surface area contributed by atoms with Gasteiger partial charge in [0.2, 0.25) is 0 Å². The second-order valence-corrected chi connectivity index (χ2v) is 9.11. The van der Waals surface area contributed by atoms with Gasteiger partial charge in [-0.2, -0.15) is 11.8 Å². The average molecular weight is 452 g/mol. The molecule has 2 saturated carbocycles. The monoisotopic (exact) mass is 452 g/mol. The van der Waals surface area contributed by atoms with Crippen molar-refractivity contribution < 1.29 is 0 Å². The third kappa shape index (κ3) is 6.61. The number of halogens is 1. The summed E-state index contributed by atoms with van der Waals surface area (Å²) in [5.41, 5.74) is 0. The molecule has 0 aromatic heterocycles. The quantitative estimate of drug-likeness (QED) is 0.338. The largest absolute Gasteiger partial charge is 0.355 e. The third-order valence-electron chi connectivity index (χ3n) is 5.10. The van der Waals surface area contributed by atoms with Gasteiger partial charge in [0.15, 0.2) is 5.96 Å². The first-order valence-corrected chi connectivity index (χ1v) is 10.00. The van der Waals surface area contributed by atoms with E-state index in [-0.39, 0.29) is 24.0 Å². The molecule has 2 N–H and O–H groups in total. The summed E-state index contributed by atoms with van der Waals surface area (Å²) in [5, 5.41) is 7.03. The summed E-state index contributed by atoms with van der Waals surface area (Å²) in [6.45, 7) is 6.88. The zero-order valence-corrected chi connectivity index (χ0v) is 17.8. The second-order valence-electron chi connectivity index (χ2n) is 7.42. The highest BCUT2D eigenvalue weighted by Crippen LogP contribution is 2.37. The number of thioether (sulfide) groups is 1. The predicted octanol–water partition coefficient (Wildman–Crippen LogP) is 2.93. The molecule has 1 unspecified atom stereocenters. The fourth-order valence-corrected chi connectivity index (χ4v) is 4.52. The van der Waals surface area contributed by atoms with E-state index in [1.165, 1.54) is 50.8 Å². The van der Waals surface area contributed by atoms with Crippen molar-refractivity contribution in [1.29, 1.82) is 0 Å². The van der Waals surface area contributed by atoms with Gasteiger partial charge in [0.05, 0.1) is 0 Å². The molecular formula is C17H33IN4S. The Hall–Kier alpha value is 0.310. The van der Waals surface area contributed by atoms with Crippen molar-refractivity contribution in [3.8, 4) is 0 Å². The van der Waals surface area contributed by atoms with E-state index in [0.717, 1.165) is 37.6 Å². The number of aliphatic imine (C=N–C) groups is 1. The highest BCUT2D eigenvalue weighted by molar-refractivity contribution is 14.0. The molecule has 134 valence electrons. The van der Waals surface area contributed by atoms with Crippen LogP contribution in [-0.2, 0) is 0 Å². The van der Waals surface area contributed by atoms with Crippen LogP contribution in [0.2, 0.25) is 0 Å². The Morgan fingerprint density at radius 3 is 2.61 bits per heavy atom. The van der Waals surface area contributed by atoms with Gasteiger partial charge in [-0.3, -0.25) is 9.89 Å². The summed E-state index contributed by atoms with van der Waals surface area (Å²) < 4.78 is 0.393. The molecule has 4 nitrogen and oxygen atoms in total. The van der Waals surface area contributed by atoms with Gasteiger partial charge in [-0.25, -0.2) is 0 Å². The first-order valence-electron chi connectivity index (χ1n) is 9.01. The van der Waals surface area contributed by atoms with Crippen LogP contribution >= 0.6 is 35.7 Å². The molecule has 0 spiro atoms. The molecule has 3 fully saturated rings. The Morgan fingerprint density at radius 1 is 1.26 bits per heavy atom. The van der Waals surface area contributed by atoms with Gasteiger partial charge in [-0.05, 0) is 57.1 Å². The molecule has 1 aliphatic heterocycles. The van der Waals surface area contributed by atoms with Crippen molar-refractivity contribution in [1.82, 2.24) is 15.5 Å². The molecule has 23 heavy (non-hydrogen) atoms. The fourth-order valence-electron chi connectivity index (χ4n) is 3.28. The van der Waals surface area contributed by atoms with Gasteiger partial charge < -0.3 is 10.6 Å². The topological polar surface area (TPSA) is 39.7 Å². The molecule has 1 atom stereocenters. The van der Waals surface area contributed by atoms with Crippen molar-refractivity contribution in [2.24, 2.45) is 10.9 Å². The molecule has 1 heterocycles. The maximum absolute atomic E-state index is 4.38. The lowest BCUT2D eigenvalue weighted by Crippen LogP contribution is -2.46. The number of hydrogen-bond acceptors (Lipinski definition) is 3. The minimum atomic E-state index is 0. The second kappa shape index (κ2) is 9.13. The maximum atomic E-state index is 4.38. The summed E-state index contributed by atoms with van der Waals surface area (Å²) in [6.07, 6.45) is 8.40. The predicted molar refractivity (Wildman–Crippen MR) is 112 cm³/mol. The van der Waals surface area contributed by atoms with Gasteiger partial charge >= 0.3 is 0 Å². The molecule has 2 aliphatic carbocycles. The maximum Gasteiger partial charge on any atom is 0.191 e. The SMILES string of the molecule is CN=C(NCCN(CC1CC1)C1CC1)NCC1(C)CCCS1.I. The standard InChI is InChI=1S/C17H32N4S.HI/c1-17(8-3-11-22-17)13-20-16(18-2)19-9-10-21(15-6-7-15)12-14-4-5-14;/h14-15H,3-13H2,1-2H3,(H2,18,19,20);1H. The molecule has 3 rings (SSSR count). The summed E-state index contributed by atoms with van der Waals surface area (Å²) >= 11 is 2.10. The smallest absolute Gasteiger partial charge is 0.191 e. The van der Waals surface area contributed by atoms with E-state index in [9.17, 15) is 0 Å². The van der Waals surface area contributed by atoms with Gasteiger partial charge in [-0.1, -0.05) is 0 Å². The number of hydrogen-bond donors (Lipinski definition) is 2. The summed E-state index contributed by atoms with van der Waals surface area (Å²) in [4.78, 5) is 7.08. The minimum absolute atomic E-state index is 0. The minimum Gasteiger partial charge on any atom is -0.355 e. The first-order chi connectivity index (χ1) is 10.7. The van der Waals surface area contributed by atoms with Crippen LogP contribution in [0.25, 0.3) is 0 Å². The van der Waals surface area contributed by atoms with Gasteiger partial charge in [0.25, 0.3) is 0 Å². The first kappa shape index (κ1) is 19.6. The lowest BCUT2D eigenvalue weighted by molar-refractivity contribution is 0.256. The Labute approximate surface area is 163 Å². The molecule has 3 aliphatic rings. The van der Waals surface area contributed by atoms with Gasteiger partial charge in [-0.15, -0.1) is 24.0 Å². The molecule has 1 saturated heterocycles. The Bertz CT molecular complexity index is 390. The normalized spacial score (nSPS) is 27.9. The van der Waals surface area contributed by atoms with Crippen molar-refractivity contribution in [3.05, 3.63) is 0 Å². The fraction of sp³-hybridized carbons (Fsp3) is 0.941. The van der Waals surface area contributed by atoms with Gasteiger partial charge in [0, 0.05) is 44.0 Å². The number of nitrogens with one attached hydrogen (secondary N) is 2. The molecular weight excluding hydrogens is 419 g/mol. The van der Waals surface area contributed by atoms with E-state index in [2.05, 4.69) is 39.2 Å². The zero-order chi connectivity index (χ0) is 15.4. The van der Waals surface area contributed by atoms with Crippen LogP contribution < -0.4 is 10.6 Å². The van der Waals surface area contributed by atoms with Crippen LogP contribution in [0.1, 0.15) is 45.4 Å². The molecule has 6 heteroatoms. The lowest BCUT2D eigenvalue weighted by atomic mass is 10.1. The number of rotatable bonds is 8. The lowest BCUT2D eigenvalue weighted by Gasteiger charge is -2.25. The van der Waals surface area contributed by atoms with E-state index < -0.39 is 0 Å². The van der Waals surface area contributed by atoms with Gasteiger partial charge in [0.1, 0.15) is 0 Å². The summed E-state index contributed by atoms with van der Waals surface area (Å²) in [5.74, 6) is 3.27. The van der Waals surface area contributed by atoms with Crippen molar-refractivity contribution in [2.75, 3.05) is 39.0 Å². The van der Waals surface area contributed by atoms with Crippen LogP contribution in [0.3, 0.4) is 0 Å². The van der Waals surface area contributed by atoms with E-state index in [1.807, 2.05) is 7.05 Å². The molecule has 0 amide bonds. The van der Waals surface area contributed by atoms with E-state index in [4.69, 9.17) is 0 Å². The molecule has 0 radical (unpaired) electrons. The zero-order valence-electron chi connectivity index (χ0n) is 14.6. The van der Waals surface area contributed by atoms with E-state index >= 15 is 0 Å². The van der Waals surface area contributed by atoms with Crippen molar-refractivity contribution in [3.63, 3.8) is 0 Å². The highest BCUT2D eigenvalue weighted by atomic mass is 127. The van der Waals surface area contributed by atoms with E-state index in [1.54, 1.807) is 0 Å². The van der Waals surface area contributed by atoms with E-state index in [0.29, 0.717) is 4.75 Å². The molecule has 0 bridgehead atoms. The van der Waals surface area contributed by atoms with Crippen LogP contribution in [0.15, 0.2) is 4.99 Å². The van der Waals surface area contributed by atoms with Crippen LogP contribution in [0.4, 0.5) is 0 Å². The van der Waals surface area contributed by atoms with Crippen LogP contribution in [0, 0.1) is 5.92 Å². The van der Waals surface area contributed by atoms with Crippen molar-refractivity contribution >= 4 is 41.7 Å². The molecule has 0 aromatic rings. The Morgan fingerprint density at radius 2 is 2.04 bits per heavy atom. The number of nitrogens with zero attached hydrogens (tertiary/aromatic N) is 2. The average Bonchev–Trinajstić information content (AvgIpc) is 3.42. The summed E-state index contributed by atoms with van der Waals surface area (Å²) in [6, 6.07) is 0.881. The summed E-state index contributed by atoms with van der Waals surface area (Å²) in [7, 11) is 1.88.